The number of anilines is 1. The van der Waals surface area contributed by atoms with Gasteiger partial charge in [-0.1, -0.05) is 65.3 Å². The van der Waals surface area contributed by atoms with E-state index in [1.807, 2.05) is 36.2 Å². The molecule has 0 aromatic heterocycles. The highest BCUT2D eigenvalue weighted by Crippen LogP contribution is 2.39. The number of hydrazone groups is 1. The zero-order chi connectivity index (χ0) is 25.9. The number of hydrogen-bond acceptors (Lipinski definition) is 6. The maximum Gasteiger partial charge on any atom is 0.262 e. The predicted octanol–water partition coefficient (Wildman–Crippen LogP) is 5.83. The first kappa shape index (κ1) is 25.0. The second-order valence-corrected chi connectivity index (χ2v) is 10.5. The molecule has 2 heterocycles. The Balaban J connectivity index is 1.35. The molecule has 0 unspecified atom stereocenters. The average Bonchev–Trinajstić information content (AvgIpc) is 3.50. The molecule has 0 radical (unpaired) electrons. The summed E-state index contributed by atoms with van der Waals surface area (Å²) in [5.41, 5.74) is 4.77. The smallest absolute Gasteiger partial charge is 0.262 e. The third-order valence-electron chi connectivity index (χ3n) is 6.22. The largest absolute Gasteiger partial charge is 0.497 e. The fourth-order valence-electron chi connectivity index (χ4n) is 4.21. The number of amides is 2. The molecule has 5 rings (SSSR count). The van der Waals surface area contributed by atoms with Crippen LogP contribution in [0.2, 0.25) is 5.02 Å². The van der Waals surface area contributed by atoms with E-state index in [0.717, 1.165) is 22.6 Å². The summed E-state index contributed by atoms with van der Waals surface area (Å²) >= 11 is 7.19. The molecule has 2 aliphatic rings. The van der Waals surface area contributed by atoms with Crippen LogP contribution in [0.3, 0.4) is 0 Å². The molecule has 0 saturated heterocycles. The molecule has 0 bridgehead atoms. The Labute approximate surface area is 224 Å². The maximum absolute atomic E-state index is 12.8. The van der Waals surface area contributed by atoms with E-state index in [0.29, 0.717) is 22.3 Å². The number of rotatable bonds is 6. The number of aliphatic imine (C=N–C) groups is 1. The first-order chi connectivity index (χ1) is 17.9. The number of aryl methyl sites for hydroxylation is 1. The lowest BCUT2D eigenvalue weighted by molar-refractivity contribution is -0.121. The van der Waals surface area contributed by atoms with Crippen LogP contribution < -0.4 is 10.1 Å². The van der Waals surface area contributed by atoms with E-state index < -0.39 is 5.25 Å². The maximum atomic E-state index is 12.8. The number of nitrogens with zero attached hydrogens (tertiary/aromatic N) is 3. The van der Waals surface area contributed by atoms with E-state index in [4.69, 9.17) is 21.4 Å². The number of halogens is 1. The van der Waals surface area contributed by atoms with Crippen molar-refractivity contribution in [2.75, 3.05) is 12.4 Å². The second-order valence-electron chi connectivity index (χ2n) is 8.85. The highest BCUT2D eigenvalue weighted by atomic mass is 35.5. The Morgan fingerprint density at radius 2 is 1.78 bits per heavy atom. The molecule has 9 heteroatoms. The van der Waals surface area contributed by atoms with Gasteiger partial charge < -0.3 is 10.1 Å². The molecule has 3 aromatic rings. The number of nitrogens with one attached hydrogen (secondary N) is 1. The Morgan fingerprint density at radius 3 is 2.46 bits per heavy atom. The number of methoxy groups -OCH3 is 1. The monoisotopic (exact) mass is 532 g/mol. The fraction of sp³-hybridized carbons (Fsp3) is 0.214. The molecule has 3 aromatic carbocycles. The van der Waals surface area contributed by atoms with E-state index in [-0.39, 0.29) is 24.3 Å². The highest BCUT2D eigenvalue weighted by Gasteiger charge is 2.39. The van der Waals surface area contributed by atoms with Crippen LogP contribution in [-0.2, 0) is 9.59 Å². The predicted molar refractivity (Wildman–Crippen MR) is 148 cm³/mol. The van der Waals surface area contributed by atoms with Crippen molar-refractivity contribution in [3.63, 3.8) is 0 Å². The third kappa shape index (κ3) is 5.70. The number of thioether (sulfide) groups is 1. The molecule has 188 valence electrons. The van der Waals surface area contributed by atoms with Gasteiger partial charge in [-0.3, -0.25) is 9.59 Å². The zero-order valence-corrected chi connectivity index (χ0v) is 21.9. The van der Waals surface area contributed by atoms with Crippen LogP contribution in [0, 0.1) is 6.92 Å². The summed E-state index contributed by atoms with van der Waals surface area (Å²) in [6.07, 6.45) is 0.666. The second kappa shape index (κ2) is 10.8. The number of benzene rings is 3. The van der Waals surface area contributed by atoms with Crippen LogP contribution in [0.15, 0.2) is 82.9 Å². The molecule has 0 saturated carbocycles. The summed E-state index contributed by atoms with van der Waals surface area (Å²) in [6, 6.07) is 22.8. The number of carbonyl (C=O) groups is 2. The van der Waals surface area contributed by atoms with Gasteiger partial charge in [0.1, 0.15) is 11.0 Å². The lowest BCUT2D eigenvalue weighted by Crippen LogP contribution is -2.25. The first-order valence-electron chi connectivity index (χ1n) is 11.8. The first-order valence-corrected chi connectivity index (χ1v) is 13.1. The normalized spacial score (nSPS) is 19.0. The molecular formula is C28H25ClN4O3S. The minimum atomic E-state index is -0.613. The molecule has 7 nitrogen and oxygen atoms in total. The average molecular weight is 533 g/mol. The SMILES string of the molecule is COc1ccc([C@@H]2CC(c3ccc(C)cc3)=NN2C2=NC(=O)[C@H](CC(=O)Nc3ccc(Cl)cc3)S2)cc1. The van der Waals surface area contributed by atoms with Crippen molar-refractivity contribution in [1.82, 2.24) is 5.01 Å². The summed E-state index contributed by atoms with van der Waals surface area (Å²) in [5.74, 6) is 0.169. The Bertz CT molecular complexity index is 1370. The summed E-state index contributed by atoms with van der Waals surface area (Å²) in [4.78, 5) is 29.7. The summed E-state index contributed by atoms with van der Waals surface area (Å²) in [6.45, 7) is 2.05. The lowest BCUT2D eigenvalue weighted by Gasteiger charge is -2.23. The van der Waals surface area contributed by atoms with Crippen molar-refractivity contribution < 1.29 is 14.3 Å². The van der Waals surface area contributed by atoms with Crippen molar-refractivity contribution >= 4 is 51.7 Å². The van der Waals surface area contributed by atoms with Crippen molar-refractivity contribution in [2.24, 2.45) is 10.1 Å². The van der Waals surface area contributed by atoms with Crippen LogP contribution in [-0.4, -0.2) is 40.1 Å². The molecule has 1 N–H and O–H groups in total. The van der Waals surface area contributed by atoms with E-state index in [2.05, 4.69) is 34.6 Å². The molecule has 37 heavy (non-hydrogen) atoms. The van der Waals surface area contributed by atoms with E-state index in [1.54, 1.807) is 31.4 Å². The molecule has 2 aliphatic heterocycles. The summed E-state index contributed by atoms with van der Waals surface area (Å²) < 4.78 is 5.31. The van der Waals surface area contributed by atoms with Crippen molar-refractivity contribution in [2.45, 2.75) is 31.1 Å². The van der Waals surface area contributed by atoms with Crippen molar-refractivity contribution in [1.29, 1.82) is 0 Å². The van der Waals surface area contributed by atoms with Gasteiger partial charge in [-0.15, -0.1) is 0 Å². The van der Waals surface area contributed by atoms with Gasteiger partial charge in [0.2, 0.25) is 5.91 Å². The third-order valence-corrected chi connectivity index (χ3v) is 7.61. The van der Waals surface area contributed by atoms with Crippen LogP contribution in [0.25, 0.3) is 0 Å². The molecule has 0 fully saturated rings. The van der Waals surface area contributed by atoms with E-state index >= 15 is 0 Å². The molecule has 0 aliphatic carbocycles. The number of carbonyl (C=O) groups excluding carboxylic acids is 2. The Hall–Kier alpha value is -3.62. The van der Waals surface area contributed by atoms with Gasteiger partial charge in [-0.05, 0) is 54.4 Å². The van der Waals surface area contributed by atoms with E-state index in [1.165, 1.54) is 17.3 Å². The van der Waals surface area contributed by atoms with E-state index in [9.17, 15) is 9.59 Å². The van der Waals surface area contributed by atoms with Gasteiger partial charge in [0, 0.05) is 23.6 Å². The fourth-order valence-corrected chi connectivity index (χ4v) is 5.40. The van der Waals surface area contributed by atoms with Gasteiger partial charge in [0.25, 0.3) is 5.91 Å². The van der Waals surface area contributed by atoms with Gasteiger partial charge in [-0.2, -0.15) is 10.1 Å². The Kier molecular flexibility index (Phi) is 7.30. The molecule has 0 spiro atoms. The highest BCUT2D eigenvalue weighted by molar-refractivity contribution is 8.15. The number of amidine groups is 1. The van der Waals surface area contributed by atoms with Crippen molar-refractivity contribution in [3.05, 3.63) is 94.5 Å². The van der Waals surface area contributed by atoms with Gasteiger partial charge in [0.15, 0.2) is 5.17 Å². The molecule has 2 amide bonds. The van der Waals surface area contributed by atoms with Crippen LogP contribution in [0.1, 0.15) is 35.6 Å². The topological polar surface area (TPSA) is 83.4 Å². The minimum Gasteiger partial charge on any atom is -0.497 e. The molecular weight excluding hydrogens is 508 g/mol. The lowest BCUT2D eigenvalue weighted by atomic mass is 9.98. The van der Waals surface area contributed by atoms with Crippen LogP contribution >= 0.6 is 23.4 Å². The quantitative estimate of drug-likeness (QED) is 0.431. The van der Waals surface area contributed by atoms with Crippen LogP contribution in [0.4, 0.5) is 5.69 Å². The summed E-state index contributed by atoms with van der Waals surface area (Å²) in [7, 11) is 1.63. The van der Waals surface area contributed by atoms with Gasteiger partial charge in [-0.25, -0.2) is 5.01 Å². The zero-order valence-electron chi connectivity index (χ0n) is 20.3. The van der Waals surface area contributed by atoms with Crippen LogP contribution in [0.5, 0.6) is 5.75 Å². The number of hydrogen-bond donors (Lipinski definition) is 1. The minimum absolute atomic E-state index is 0.00863. The Morgan fingerprint density at radius 1 is 1.08 bits per heavy atom. The molecule has 2 atom stereocenters. The van der Waals surface area contributed by atoms with Gasteiger partial charge >= 0.3 is 0 Å². The summed E-state index contributed by atoms with van der Waals surface area (Å²) in [5, 5.41) is 9.99. The standard InChI is InChI=1S/C28H25ClN4O3S/c1-17-3-5-18(6-4-17)23-15-24(19-7-13-22(36-2)14-8-19)33(32-23)28-31-27(35)25(37-28)16-26(34)30-21-11-9-20(29)10-12-21/h3-14,24-25H,15-16H2,1-2H3,(H,30,34)/t24-,25-/m0/s1. The number of ether oxygens (including phenoxy) is 1. The van der Waals surface area contributed by atoms with Crippen molar-refractivity contribution in [3.8, 4) is 5.75 Å². The van der Waals surface area contributed by atoms with Gasteiger partial charge in [0.05, 0.1) is 18.9 Å².